The van der Waals surface area contributed by atoms with E-state index in [9.17, 15) is 0 Å². The van der Waals surface area contributed by atoms with Gasteiger partial charge in [-0.1, -0.05) is 41.6 Å². The standard InChI is InChI=1S/C15H16N2O2/c1-13(11-18-15-9-5-6-10-16-15)17-19-12-14-7-3-2-4-8-14/h2-10H,11-12H2,1H3/b17-13+. The van der Waals surface area contributed by atoms with Gasteiger partial charge >= 0.3 is 0 Å². The molecule has 0 saturated heterocycles. The molecule has 4 heteroatoms. The van der Waals surface area contributed by atoms with Crippen LogP contribution in [0.3, 0.4) is 0 Å². The van der Waals surface area contributed by atoms with Gasteiger partial charge in [-0.3, -0.25) is 0 Å². The second kappa shape index (κ2) is 7.16. The van der Waals surface area contributed by atoms with E-state index >= 15 is 0 Å². The molecule has 19 heavy (non-hydrogen) atoms. The number of aromatic nitrogens is 1. The number of nitrogens with zero attached hydrogens (tertiary/aromatic N) is 2. The second-order valence-corrected chi connectivity index (χ2v) is 4.04. The molecule has 0 fully saturated rings. The van der Waals surface area contributed by atoms with Crippen LogP contribution in [0, 0.1) is 0 Å². The van der Waals surface area contributed by atoms with Crippen molar-refractivity contribution in [2.75, 3.05) is 6.61 Å². The maximum absolute atomic E-state index is 5.45. The Kier molecular flexibility index (Phi) is 4.93. The van der Waals surface area contributed by atoms with Crippen LogP contribution in [0.5, 0.6) is 5.88 Å². The first kappa shape index (κ1) is 13.1. The van der Waals surface area contributed by atoms with Gasteiger partial charge in [0.1, 0.15) is 13.2 Å². The summed E-state index contributed by atoms with van der Waals surface area (Å²) in [6, 6.07) is 15.4. The molecule has 0 unspecified atom stereocenters. The van der Waals surface area contributed by atoms with Gasteiger partial charge in [0.2, 0.25) is 5.88 Å². The quantitative estimate of drug-likeness (QED) is 0.589. The lowest BCUT2D eigenvalue weighted by atomic mass is 10.2. The molecule has 1 heterocycles. The third-order valence-corrected chi connectivity index (χ3v) is 2.36. The Morgan fingerprint density at radius 2 is 1.89 bits per heavy atom. The Bertz CT molecular complexity index is 512. The van der Waals surface area contributed by atoms with Crippen LogP contribution in [0.2, 0.25) is 0 Å². The van der Waals surface area contributed by atoms with E-state index < -0.39 is 0 Å². The summed E-state index contributed by atoms with van der Waals surface area (Å²) in [5.41, 5.74) is 1.85. The molecule has 0 saturated carbocycles. The van der Waals surface area contributed by atoms with Crippen LogP contribution in [-0.2, 0) is 11.4 Å². The molecule has 0 atom stereocenters. The largest absolute Gasteiger partial charge is 0.471 e. The molecule has 0 radical (unpaired) electrons. The van der Waals surface area contributed by atoms with Crippen molar-refractivity contribution in [1.29, 1.82) is 0 Å². The predicted octanol–water partition coefficient (Wildman–Crippen LogP) is 3.05. The first-order valence-electron chi connectivity index (χ1n) is 6.08. The van der Waals surface area contributed by atoms with Crippen LogP contribution in [0.1, 0.15) is 12.5 Å². The third-order valence-electron chi connectivity index (χ3n) is 2.36. The molecule has 1 aromatic carbocycles. The minimum absolute atomic E-state index is 0.367. The van der Waals surface area contributed by atoms with Crippen molar-refractivity contribution in [3.8, 4) is 5.88 Å². The van der Waals surface area contributed by atoms with Crippen molar-refractivity contribution in [3.63, 3.8) is 0 Å². The second-order valence-electron chi connectivity index (χ2n) is 4.04. The molecule has 0 aliphatic heterocycles. The maximum Gasteiger partial charge on any atom is 0.213 e. The first-order chi connectivity index (χ1) is 9.34. The molecule has 1 aromatic heterocycles. The SMILES string of the molecule is C/C(COc1ccccn1)=N\OCc1ccccc1. The molecule has 0 amide bonds. The van der Waals surface area contributed by atoms with Crippen LogP contribution in [0.15, 0.2) is 59.9 Å². The van der Waals surface area contributed by atoms with E-state index in [4.69, 9.17) is 9.57 Å². The molecule has 4 nitrogen and oxygen atoms in total. The van der Waals surface area contributed by atoms with Crippen molar-refractivity contribution < 1.29 is 9.57 Å². The van der Waals surface area contributed by atoms with Gasteiger partial charge in [-0.2, -0.15) is 0 Å². The van der Waals surface area contributed by atoms with Gasteiger partial charge < -0.3 is 9.57 Å². The molecule has 2 rings (SSSR count). The van der Waals surface area contributed by atoms with Crippen LogP contribution in [0.4, 0.5) is 0 Å². The van der Waals surface area contributed by atoms with E-state index in [0.717, 1.165) is 11.3 Å². The highest BCUT2D eigenvalue weighted by molar-refractivity contribution is 5.82. The van der Waals surface area contributed by atoms with Crippen molar-refractivity contribution in [1.82, 2.24) is 4.98 Å². The molecule has 0 bridgehead atoms. The highest BCUT2D eigenvalue weighted by atomic mass is 16.6. The summed E-state index contributed by atoms with van der Waals surface area (Å²) in [6.45, 7) is 2.68. The lowest BCUT2D eigenvalue weighted by molar-refractivity contribution is 0.128. The zero-order valence-corrected chi connectivity index (χ0v) is 10.8. The normalized spacial score (nSPS) is 11.1. The molecular formula is C15H16N2O2. The van der Waals surface area contributed by atoms with Crippen LogP contribution in [0.25, 0.3) is 0 Å². The smallest absolute Gasteiger partial charge is 0.213 e. The fraction of sp³-hybridized carbons (Fsp3) is 0.200. The summed E-state index contributed by atoms with van der Waals surface area (Å²) < 4.78 is 5.45. The number of benzene rings is 1. The van der Waals surface area contributed by atoms with E-state index in [2.05, 4.69) is 10.1 Å². The van der Waals surface area contributed by atoms with Gasteiger partial charge in [0.05, 0.1) is 5.71 Å². The highest BCUT2D eigenvalue weighted by Gasteiger charge is 1.97. The zero-order chi connectivity index (χ0) is 13.3. The number of oxime groups is 1. The molecule has 0 aliphatic rings. The van der Waals surface area contributed by atoms with Gasteiger partial charge in [-0.05, 0) is 18.6 Å². The van der Waals surface area contributed by atoms with Gasteiger partial charge in [0, 0.05) is 12.3 Å². The van der Waals surface area contributed by atoms with Gasteiger partial charge in [0.25, 0.3) is 0 Å². The van der Waals surface area contributed by atoms with Crippen molar-refractivity contribution in [2.24, 2.45) is 5.16 Å². The number of pyridine rings is 1. The van der Waals surface area contributed by atoms with Crippen molar-refractivity contribution in [2.45, 2.75) is 13.5 Å². The molecule has 2 aromatic rings. The monoisotopic (exact) mass is 256 g/mol. The molecule has 0 N–H and O–H groups in total. The first-order valence-corrected chi connectivity index (χ1v) is 6.08. The topological polar surface area (TPSA) is 43.7 Å². The van der Waals surface area contributed by atoms with Gasteiger partial charge in [-0.15, -0.1) is 0 Å². The number of rotatable bonds is 6. The average Bonchev–Trinajstić information content (AvgIpc) is 2.47. The van der Waals surface area contributed by atoms with Crippen LogP contribution < -0.4 is 4.74 Å². The van der Waals surface area contributed by atoms with Crippen LogP contribution in [-0.4, -0.2) is 17.3 Å². The molecule has 0 spiro atoms. The molecule has 0 aliphatic carbocycles. The lowest BCUT2D eigenvalue weighted by Gasteiger charge is -2.04. The Labute approximate surface area is 112 Å². The lowest BCUT2D eigenvalue weighted by Crippen LogP contribution is -2.08. The third kappa shape index (κ3) is 4.79. The number of hydrogen-bond donors (Lipinski definition) is 0. The summed E-state index contributed by atoms with van der Waals surface area (Å²) in [6.07, 6.45) is 1.69. The maximum atomic E-state index is 5.45. The van der Waals surface area contributed by atoms with E-state index in [1.807, 2.05) is 49.4 Å². The predicted molar refractivity (Wildman–Crippen MR) is 74.1 cm³/mol. The molecule has 98 valence electrons. The van der Waals surface area contributed by atoms with E-state index in [-0.39, 0.29) is 0 Å². The summed E-state index contributed by atoms with van der Waals surface area (Å²) >= 11 is 0. The fourth-order valence-electron chi connectivity index (χ4n) is 1.43. The summed E-state index contributed by atoms with van der Waals surface area (Å²) in [4.78, 5) is 9.32. The number of hydrogen-bond acceptors (Lipinski definition) is 4. The summed E-state index contributed by atoms with van der Waals surface area (Å²) in [5, 5.41) is 4.00. The average molecular weight is 256 g/mol. The van der Waals surface area contributed by atoms with E-state index in [1.54, 1.807) is 12.3 Å². The van der Waals surface area contributed by atoms with Gasteiger partial charge in [-0.25, -0.2) is 4.98 Å². The molecular weight excluding hydrogens is 240 g/mol. The number of ether oxygens (including phenoxy) is 1. The minimum atomic E-state index is 0.367. The Morgan fingerprint density at radius 1 is 1.11 bits per heavy atom. The highest BCUT2D eigenvalue weighted by Crippen LogP contribution is 2.04. The van der Waals surface area contributed by atoms with Gasteiger partial charge in [0.15, 0.2) is 0 Å². The zero-order valence-electron chi connectivity index (χ0n) is 10.8. The van der Waals surface area contributed by atoms with Crippen molar-refractivity contribution >= 4 is 5.71 Å². The Hall–Kier alpha value is -2.36. The van der Waals surface area contributed by atoms with E-state index in [1.165, 1.54) is 0 Å². The van der Waals surface area contributed by atoms with E-state index in [0.29, 0.717) is 19.1 Å². The Balaban J connectivity index is 1.74. The minimum Gasteiger partial charge on any atom is -0.471 e. The van der Waals surface area contributed by atoms with Crippen LogP contribution >= 0.6 is 0 Å². The summed E-state index contributed by atoms with van der Waals surface area (Å²) in [7, 11) is 0. The fourth-order valence-corrected chi connectivity index (χ4v) is 1.43. The summed E-state index contributed by atoms with van der Waals surface area (Å²) in [5.74, 6) is 0.583. The Morgan fingerprint density at radius 3 is 2.63 bits per heavy atom. The van der Waals surface area contributed by atoms with Crippen molar-refractivity contribution in [3.05, 3.63) is 60.3 Å².